The van der Waals surface area contributed by atoms with Crippen LogP contribution in [0, 0.1) is 22.7 Å². The van der Waals surface area contributed by atoms with Crippen LogP contribution in [0.15, 0.2) is 0 Å². The number of hydrogen-bond donors (Lipinski definition) is 1. The van der Waals surface area contributed by atoms with Crippen molar-refractivity contribution >= 4 is 5.91 Å². The maximum Gasteiger partial charge on any atom is 0.245 e. The summed E-state index contributed by atoms with van der Waals surface area (Å²) in [5.41, 5.74) is -0.896. The van der Waals surface area contributed by atoms with Crippen LogP contribution in [0.25, 0.3) is 0 Å². The number of nitrogens with zero attached hydrogens (tertiary/aromatic N) is 1. The number of hydrogen-bond acceptors (Lipinski definition) is 3. The maximum absolute atomic E-state index is 11.8. The minimum atomic E-state index is -0.896. The van der Waals surface area contributed by atoms with Crippen molar-refractivity contribution in [3.05, 3.63) is 0 Å². The zero-order chi connectivity index (χ0) is 12.1. The molecule has 0 aromatic heterocycles. The number of ether oxygens (including phenoxy) is 1. The molecule has 1 amide bonds. The number of carbonyl (C=O) groups excluding carboxylic acids is 1. The number of nitrogens with one attached hydrogen (secondary N) is 1. The van der Waals surface area contributed by atoms with Gasteiger partial charge in [-0.05, 0) is 12.3 Å². The van der Waals surface area contributed by atoms with Crippen molar-refractivity contribution in [1.29, 1.82) is 5.26 Å². The fourth-order valence-electron chi connectivity index (χ4n) is 2.59. The zero-order valence-electron chi connectivity index (χ0n) is 10.2. The van der Waals surface area contributed by atoms with Gasteiger partial charge in [0.2, 0.25) is 5.91 Å². The summed E-state index contributed by atoms with van der Waals surface area (Å²) in [5.74, 6) is 0.613. The maximum atomic E-state index is 11.8. The van der Waals surface area contributed by atoms with Crippen molar-refractivity contribution in [2.45, 2.75) is 38.5 Å². The van der Waals surface area contributed by atoms with Crippen LogP contribution in [-0.4, -0.2) is 25.7 Å². The molecule has 0 aromatic carbocycles. The Hall–Kier alpha value is -1.08. The molecule has 4 heteroatoms. The highest BCUT2D eigenvalue weighted by molar-refractivity contribution is 5.86. The normalized spacial score (nSPS) is 23.5. The van der Waals surface area contributed by atoms with Gasteiger partial charge in [0.1, 0.15) is 0 Å². The first kappa shape index (κ1) is 12.4. The molecule has 2 fully saturated rings. The van der Waals surface area contributed by atoms with Gasteiger partial charge in [0.15, 0.2) is 5.41 Å². The van der Waals surface area contributed by atoms with Crippen LogP contribution in [-0.2, 0) is 9.53 Å². The summed E-state index contributed by atoms with van der Waals surface area (Å²) in [6.45, 7) is 1.20. The van der Waals surface area contributed by atoms with Crippen molar-refractivity contribution < 1.29 is 9.53 Å². The van der Waals surface area contributed by atoms with E-state index in [9.17, 15) is 4.79 Å². The molecule has 2 aliphatic rings. The summed E-state index contributed by atoms with van der Waals surface area (Å²) in [5, 5.41) is 11.8. The Morgan fingerprint density at radius 1 is 1.35 bits per heavy atom. The highest BCUT2D eigenvalue weighted by atomic mass is 16.5. The first-order chi connectivity index (χ1) is 8.27. The largest absolute Gasteiger partial charge is 0.377 e. The molecule has 0 radical (unpaired) electrons. The standard InChI is InChI=1S/C13H20N2O2/c14-8-13(9-17-10-13)12(16)15-7-6-11-4-2-1-3-5-11/h11H,1-7,9-10H2,(H,15,16). The van der Waals surface area contributed by atoms with Gasteiger partial charge in [0.25, 0.3) is 0 Å². The molecular weight excluding hydrogens is 216 g/mol. The second-order valence-electron chi connectivity index (χ2n) is 5.24. The van der Waals surface area contributed by atoms with Gasteiger partial charge in [-0.3, -0.25) is 4.79 Å². The molecule has 0 aromatic rings. The summed E-state index contributed by atoms with van der Waals surface area (Å²) >= 11 is 0. The SMILES string of the molecule is N#CC1(C(=O)NCCC2CCCCC2)COC1. The molecule has 0 bridgehead atoms. The van der Waals surface area contributed by atoms with Gasteiger partial charge < -0.3 is 10.1 Å². The third-order valence-corrected chi connectivity index (χ3v) is 3.91. The van der Waals surface area contributed by atoms with E-state index in [-0.39, 0.29) is 19.1 Å². The molecule has 0 unspecified atom stereocenters. The van der Waals surface area contributed by atoms with Gasteiger partial charge in [-0.1, -0.05) is 32.1 Å². The van der Waals surface area contributed by atoms with Crippen LogP contribution in [0.1, 0.15) is 38.5 Å². The molecule has 1 aliphatic carbocycles. The molecule has 1 saturated heterocycles. The number of amides is 1. The molecule has 0 atom stereocenters. The average molecular weight is 236 g/mol. The van der Waals surface area contributed by atoms with Crippen molar-refractivity contribution in [2.24, 2.45) is 11.3 Å². The van der Waals surface area contributed by atoms with Crippen molar-refractivity contribution in [3.8, 4) is 6.07 Å². The molecule has 1 saturated carbocycles. The summed E-state index contributed by atoms with van der Waals surface area (Å²) in [7, 11) is 0. The Morgan fingerprint density at radius 3 is 2.59 bits per heavy atom. The Bertz CT molecular complexity index is 312. The molecule has 2 rings (SSSR count). The van der Waals surface area contributed by atoms with Gasteiger partial charge in [-0.25, -0.2) is 0 Å². The van der Waals surface area contributed by atoms with E-state index in [4.69, 9.17) is 10.00 Å². The van der Waals surface area contributed by atoms with Crippen molar-refractivity contribution in [3.63, 3.8) is 0 Å². The van der Waals surface area contributed by atoms with Gasteiger partial charge in [-0.15, -0.1) is 0 Å². The summed E-state index contributed by atoms with van der Waals surface area (Å²) < 4.78 is 4.96. The van der Waals surface area contributed by atoms with Gasteiger partial charge in [0.05, 0.1) is 19.3 Å². The Balaban J connectivity index is 1.68. The molecular formula is C13H20N2O2. The molecule has 94 valence electrons. The molecule has 4 nitrogen and oxygen atoms in total. The van der Waals surface area contributed by atoms with Crippen LogP contribution in [0.2, 0.25) is 0 Å². The quantitative estimate of drug-likeness (QED) is 0.806. The fraction of sp³-hybridized carbons (Fsp3) is 0.846. The lowest BCUT2D eigenvalue weighted by molar-refractivity contribution is -0.150. The number of rotatable bonds is 4. The molecule has 1 heterocycles. The highest BCUT2D eigenvalue weighted by Crippen LogP contribution is 2.28. The monoisotopic (exact) mass is 236 g/mol. The molecule has 0 spiro atoms. The predicted molar refractivity (Wildman–Crippen MR) is 63.1 cm³/mol. The Morgan fingerprint density at radius 2 is 2.06 bits per heavy atom. The van der Waals surface area contributed by atoms with Crippen molar-refractivity contribution in [2.75, 3.05) is 19.8 Å². The first-order valence-corrected chi connectivity index (χ1v) is 6.54. The van der Waals surface area contributed by atoms with E-state index in [0.717, 1.165) is 12.3 Å². The summed E-state index contributed by atoms with van der Waals surface area (Å²) in [6, 6.07) is 2.07. The summed E-state index contributed by atoms with van der Waals surface area (Å²) in [6.07, 6.45) is 7.65. The topological polar surface area (TPSA) is 62.1 Å². The Kier molecular flexibility index (Phi) is 4.01. The van der Waals surface area contributed by atoms with Crippen LogP contribution in [0.3, 0.4) is 0 Å². The number of carbonyl (C=O) groups is 1. The van der Waals surface area contributed by atoms with E-state index in [1.807, 2.05) is 0 Å². The minimum absolute atomic E-state index is 0.151. The van der Waals surface area contributed by atoms with E-state index in [2.05, 4.69) is 11.4 Å². The van der Waals surface area contributed by atoms with Crippen LogP contribution in [0.4, 0.5) is 0 Å². The fourth-order valence-corrected chi connectivity index (χ4v) is 2.59. The average Bonchev–Trinajstić information content (AvgIpc) is 2.30. The predicted octanol–water partition coefficient (Wildman–Crippen LogP) is 1.61. The van der Waals surface area contributed by atoms with Crippen LogP contribution >= 0.6 is 0 Å². The molecule has 1 N–H and O–H groups in total. The van der Waals surface area contributed by atoms with Gasteiger partial charge in [0, 0.05) is 6.54 Å². The minimum Gasteiger partial charge on any atom is -0.377 e. The van der Waals surface area contributed by atoms with E-state index >= 15 is 0 Å². The second-order valence-corrected chi connectivity index (χ2v) is 5.24. The Labute approximate surface area is 102 Å². The third kappa shape index (κ3) is 2.78. The molecule has 17 heavy (non-hydrogen) atoms. The molecule has 1 aliphatic heterocycles. The smallest absolute Gasteiger partial charge is 0.245 e. The van der Waals surface area contributed by atoms with Crippen LogP contribution in [0.5, 0.6) is 0 Å². The summed E-state index contributed by atoms with van der Waals surface area (Å²) in [4.78, 5) is 11.8. The van der Waals surface area contributed by atoms with Gasteiger partial charge >= 0.3 is 0 Å². The van der Waals surface area contributed by atoms with E-state index in [1.165, 1.54) is 32.1 Å². The van der Waals surface area contributed by atoms with E-state index in [0.29, 0.717) is 6.54 Å². The highest BCUT2D eigenvalue weighted by Gasteiger charge is 2.46. The third-order valence-electron chi connectivity index (χ3n) is 3.91. The van der Waals surface area contributed by atoms with Gasteiger partial charge in [-0.2, -0.15) is 5.26 Å². The van der Waals surface area contributed by atoms with E-state index in [1.54, 1.807) is 0 Å². The lowest BCUT2D eigenvalue weighted by Gasteiger charge is -2.33. The lowest BCUT2D eigenvalue weighted by atomic mass is 9.85. The second kappa shape index (κ2) is 5.50. The lowest BCUT2D eigenvalue weighted by Crippen LogP contribution is -2.53. The van der Waals surface area contributed by atoms with E-state index < -0.39 is 5.41 Å². The number of nitriles is 1. The van der Waals surface area contributed by atoms with Crippen LogP contribution < -0.4 is 5.32 Å². The first-order valence-electron chi connectivity index (χ1n) is 6.54. The van der Waals surface area contributed by atoms with Crippen molar-refractivity contribution in [1.82, 2.24) is 5.32 Å². The zero-order valence-corrected chi connectivity index (χ0v) is 10.2.